The van der Waals surface area contributed by atoms with Gasteiger partial charge in [0.1, 0.15) is 11.4 Å². The first-order chi connectivity index (χ1) is 10.2. The van der Waals surface area contributed by atoms with Gasteiger partial charge in [-0.05, 0) is 18.2 Å². The summed E-state index contributed by atoms with van der Waals surface area (Å²) in [5.74, 6) is -0.980. The number of hydrogen-bond donors (Lipinski definition) is 2. The number of carbonyl (C=O) groups is 1. The fourth-order valence-electron chi connectivity index (χ4n) is 1.73. The lowest BCUT2D eigenvalue weighted by Crippen LogP contribution is -2.13. The third-order valence-corrected chi connectivity index (χ3v) is 4.42. The van der Waals surface area contributed by atoms with Crippen molar-refractivity contribution in [1.29, 1.82) is 0 Å². The van der Waals surface area contributed by atoms with Crippen LogP contribution in [0.2, 0.25) is 5.02 Å². The average Bonchev–Trinajstić information content (AvgIpc) is 2.78. The van der Waals surface area contributed by atoms with Gasteiger partial charge in [-0.25, -0.2) is 13.2 Å². The summed E-state index contributed by atoms with van der Waals surface area (Å²) >= 11 is 5.89. The first-order valence-electron chi connectivity index (χ1n) is 5.88. The number of carboxylic acids is 1. The van der Waals surface area contributed by atoms with Crippen LogP contribution >= 0.6 is 11.6 Å². The van der Waals surface area contributed by atoms with Crippen LogP contribution in [0.5, 0.6) is 5.75 Å². The predicted octanol–water partition coefficient (Wildman–Crippen LogP) is 1.58. The smallest absolute Gasteiger partial charge is 0.354 e. The van der Waals surface area contributed by atoms with Crippen molar-refractivity contribution in [1.82, 2.24) is 9.78 Å². The number of ether oxygens (including phenoxy) is 1. The lowest BCUT2D eigenvalue weighted by molar-refractivity contribution is 0.0685. The number of benzene rings is 1. The molecule has 2 aromatic rings. The Balaban J connectivity index is 2.33. The Kier molecular flexibility index (Phi) is 4.29. The number of hydrogen-bond acceptors (Lipinski definition) is 5. The minimum absolute atomic E-state index is 0.0965. The first-order valence-corrected chi connectivity index (χ1v) is 7.74. The molecule has 2 N–H and O–H groups in total. The molecule has 1 heterocycles. The minimum Gasteiger partial charge on any atom is -0.495 e. The molecule has 0 aliphatic heterocycles. The van der Waals surface area contributed by atoms with E-state index in [9.17, 15) is 13.2 Å². The maximum atomic E-state index is 12.2. The van der Waals surface area contributed by atoms with Crippen molar-refractivity contribution in [3.05, 3.63) is 35.0 Å². The van der Waals surface area contributed by atoms with E-state index in [0.29, 0.717) is 5.75 Å². The van der Waals surface area contributed by atoms with Gasteiger partial charge in [0.2, 0.25) is 0 Å². The van der Waals surface area contributed by atoms with Crippen LogP contribution in [0.4, 0.5) is 5.82 Å². The summed E-state index contributed by atoms with van der Waals surface area (Å²) in [6, 6.07) is 5.07. The van der Waals surface area contributed by atoms with Gasteiger partial charge in [-0.3, -0.25) is 9.40 Å². The molecule has 0 saturated carbocycles. The maximum absolute atomic E-state index is 12.2. The Morgan fingerprint density at radius 2 is 2.09 bits per heavy atom. The molecule has 1 aromatic heterocycles. The molecule has 0 amide bonds. The number of sulfonamides is 1. The molecular weight excluding hydrogens is 334 g/mol. The molecule has 0 aliphatic rings. The highest BCUT2D eigenvalue weighted by molar-refractivity contribution is 7.92. The molecular formula is C12H12ClN3O5S. The normalized spacial score (nSPS) is 11.2. The number of aromatic nitrogens is 2. The Morgan fingerprint density at radius 3 is 2.59 bits per heavy atom. The number of aryl methyl sites for hydroxylation is 1. The number of halogens is 1. The van der Waals surface area contributed by atoms with Gasteiger partial charge in [0, 0.05) is 13.1 Å². The zero-order valence-electron chi connectivity index (χ0n) is 11.6. The Labute approximate surface area is 131 Å². The second-order valence-corrected chi connectivity index (χ2v) is 6.34. The molecule has 0 spiro atoms. The molecule has 0 aliphatic carbocycles. The standard InChI is InChI=1S/C12H12ClN3O5S/c1-16-9(12(17)18)6-11(14-16)15-22(19,20)7-3-4-10(21-2)8(13)5-7/h3-6H,1-2H3,(H,14,15)(H,17,18). The van der Waals surface area contributed by atoms with Crippen LogP contribution < -0.4 is 9.46 Å². The van der Waals surface area contributed by atoms with Crippen LogP contribution in [0.15, 0.2) is 29.2 Å². The van der Waals surface area contributed by atoms with Gasteiger partial charge >= 0.3 is 5.97 Å². The van der Waals surface area contributed by atoms with Gasteiger partial charge < -0.3 is 9.84 Å². The molecule has 10 heteroatoms. The predicted molar refractivity (Wildman–Crippen MR) is 79.0 cm³/mol. The maximum Gasteiger partial charge on any atom is 0.354 e. The van der Waals surface area contributed by atoms with Crippen molar-refractivity contribution in [3.63, 3.8) is 0 Å². The molecule has 0 fully saturated rings. The van der Waals surface area contributed by atoms with E-state index >= 15 is 0 Å². The first kappa shape index (κ1) is 16.1. The highest BCUT2D eigenvalue weighted by Gasteiger charge is 2.19. The quantitative estimate of drug-likeness (QED) is 0.851. The zero-order valence-corrected chi connectivity index (χ0v) is 13.1. The Morgan fingerprint density at radius 1 is 1.41 bits per heavy atom. The molecule has 8 nitrogen and oxygen atoms in total. The molecule has 0 saturated heterocycles. The van der Waals surface area contributed by atoms with Crippen molar-refractivity contribution in [2.24, 2.45) is 7.05 Å². The van der Waals surface area contributed by atoms with Gasteiger partial charge in [0.25, 0.3) is 10.0 Å². The number of nitrogens with one attached hydrogen (secondary N) is 1. The summed E-state index contributed by atoms with van der Waals surface area (Å²) in [5.41, 5.74) is -0.148. The van der Waals surface area contributed by atoms with Gasteiger partial charge in [0.15, 0.2) is 5.82 Å². The van der Waals surface area contributed by atoms with Crippen molar-refractivity contribution >= 4 is 33.4 Å². The fraction of sp³-hybridized carbons (Fsp3) is 0.167. The topological polar surface area (TPSA) is 111 Å². The van der Waals surface area contributed by atoms with E-state index < -0.39 is 16.0 Å². The number of aromatic carboxylic acids is 1. The number of methoxy groups -OCH3 is 1. The average molecular weight is 346 g/mol. The summed E-state index contributed by atoms with van der Waals surface area (Å²) in [5, 5.41) is 12.8. The highest BCUT2D eigenvalue weighted by atomic mass is 35.5. The number of carboxylic acid groups (broad SMARTS) is 1. The SMILES string of the molecule is COc1ccc(S(=O)(=O)Nc2cc(C(=O)O)n(C)n2)cc1Cl. The van der Waals surface area contributed by atoms with E-state index in [2.05, 4.69) is 9.82 Å². The van der Waals surface area contributed by atoms with Gasteiger partial charge in [-0.1, -0.05) is 11.6 Å². The summed E-state index contributed by atoms with van der Waals surface area (Å²) in [7, 11) is -1.14. The molecule has 2 rings (SSSR count). The second-order valence-electron chi connectivity index (χ2n) is 4.25. The number of nitrogens with zero attached hydrogens (tertiary/aromatic N) is 2. The van der Waals surface area contributed by atoms with E-state index in [1.807, 2.05) is 0 Å². The van der Waals surface area contributed by atoms with Gasteiger partial charge in [-0.15, -0.1) is 0 Å². The Bertz CT molecular complexity index is 831. The van der Waals surface area contributed by atoms with E-state index in [1.54, 1.807) is 0 Å². The van der Waals surface area contributed by atoms with Crippen LogP contribution in [0.3, 0.4) is 0 Å². The second kappa shape index (κ2) is 5.85. The molecule has 0 radical (unpaired) electrons. The minimum atomic E-state index is -3.95. The summed E-state index contributed by atoms with van der Waals surface area (Å²) in [6.07, 6.45) is 0. The van der Waals surface area contributed by atoms with Crippen LogP contribution in [-0.4, -0.2) is 36.4 Å². The number of anilines is 1. The van der Waals surface area contributed by atoms with Crippen molar-refractivity contribution in [2.45, 2.75) is 4.90 Å². The molecule has 22 heavy (non-hydrogen) atoms. The monoisotopic (exact) mass is 345 g/mol. The largest absolute Gasteiger partial charge is 0.495 e. The lowest BCUT2D eigenvalue weighted by atomic mass is 10.3. The van der Waals surface area contributed by atoms with Crippen molar-refractivity contribution in [3.8, 4) is 5.75 Å². The van der Waals surface area contributed by atoms with E-state index in [4.69, 9.17) is 21.4 Å². The highest BCUT2D eigenvalue weighted by Crippen LogP contribution is 2.27. The molecule has 118 valence electrons. The lowest BCUT2D eigenvalue weighted by Gasteiger charge is -2.08. The van der Waals surface area contributed by atoms with Crippen LogP contribution in [0.1, 0.15) is 10.5 Å². The zero-order chi connectivity index (χ0) is 16.5. The summed E-state index contributed by atoms with van der Waals surface area (Å²) in [4.78, 5) is 10.8. The van der Waals surface area contributed by atoms with E-state index in [0.717, 1.165) is 10.7 Å². The van der Waals surface area contributed by atoms with Crippen LogP contribution in [0.25, 0.3) is 0 Å². The molecule has 1 aromatic carbocycles. The molecule has 0 atom stereocenters. The van der Waals surface area contributed by atoms with Crippen molar-refractivity contribution in [2.75, 3.05) is 11.8 Å². The molecule has 0 bridgehead atoms. The summed E-state index contributed by atoms with van der Waals surface area (Å²) in [6.45, 7) is 0. The third kappa shape index (κ3) is 3.15. The van der Waals surface area contributed by atoms with Crippen LogP contribution in [0, 0.1) is 0 Å². The van der Waals surface area contributed by atoms with E-state index in [1.165, 1.54) is 32.4 Å². The Hall–Kier alpha value is -2.26. The van der Waals surface area contributed by atoms with Gasteiger partial charge in [-0.2, -0.15) is 5.10 Å². The van der Waals surface area contributed by atoms with Gasteiger partial charge in [0.05, 0.1) is 17.0 Å². The summed E-state index contributed by atoms with van der Waals surface area (Å²) < 4.78 is 32.7. The number of rotatable bonds is 5. The van der Waals surface area contributed by atoms with Crippen molar-refractivity contribution < 1.29 is 23.1 Å². The third-order valence-electron chi connectivity index (χ3n) is 2.77. The van der Waals surface area contributed by atoms with Crippen LogP contribution in [-0.2, 0) is 17.1 Å². The fourth-order valence-corrected chi connectivity index (χ4v) is 3.06. The van der Waals surface area contributed by atoms with E-state index in [-0.39, 0.29) is 21.4 Å². The molecule has 0 unspecified atom stereocenters.